The Morgan fingerprint density at radius 2 is 1.81 bits per heavy atom. The Balaban J connectivity index is 2.36. The Morgan fingerprint density at radius 1 is 1.19 bits per heavy atom. The first kappa shape index (κ1) is 15.4. The molecular formula is C17H21N3S. The third-order valence-electron chi connectivity index (χ3n) is 3.47. The van der Waals surface area contributed by atoms with Gasteiger partial charge < -0.3 is 10.6 Å². The lowest BCUT2D eigenvalue weighted by Gasteiger charge is -2.23. The van der Waals surface area contributed by atoms with Crippen molar-refractivity contribution >= 4 is 23.0 Å². The summed E-state index contributed by atoms with van der Waals surface area (Å²) in [5, 5.41) is 0. The topological polar surface area (TPSA) is 42.2 Å². The summed E-state index contributed by atoms with van der Waals surface area (Å²) < 4.78 is 0. The quantitative estimate of drug-likeness (QED) is 0.880. The Morgan fingerprint density at radius 3 is 2.38 bits per heavy atom. The lowest BCUT2D eigenvalue weighted by Crippen LogP contribution is -2.24. The van der Waals surface area contributed by atoms with Gasteiger partial charge in [-0.1, -0.05) is 42.0 Å². The molecule has 2 aromatic rings. The number of aryl methyl sites for hydroxylation is 3. The van der Waals surface area contributed by atoms with Crippen molar-refractivity contribution in [2.24, 2.45) is 5.73 Å². The lowest BCUT2D eigenvalue weighted by molar-refractivity contribution is 0.887. The van der Waals surface area contributed by atoms with Gasteiger partial charge in [0.2, 0.25) is 0 Å². The summed E-state index contributed by atoms with van der Waals surface area (Å²) in [5.41, 5.74) is 11.3. The summed E-state index contributed by atoms with van der Waals surface area (Å²) in [6.45, 7) is 6.86. The number of hydrogen-bond acceptors (Lipinski definition) is 3. The molecule has 1 aromatic heterocycles. The van der Waals surface area contributed by atoms with Crippen LogP contribution in [0.3, 0.4) is 0 Å². The molecule has 0 atom stereocenters. The molecular weight excluding hydrogens is 278 g/mol. The highest BCUT2D eigenvalue weighted by molar-refractivity contribution is 7.80. The molecule has 2 N–H and O–H groups in total. The predicted octanol–water partition coefficient (Wildman–Crippen LogP) is 3.28. The summed E-state index contributed by atoms with van der Waals surface area (Å²) in [6.07, 6.45) is 0. The van der Waals surface area contributed by atoms with Gasteiger partial charge in [-0.3, -0.25) is 0 Å². The van der Waals surface area contributed by atoms with Crippen molar-refractivity contribution in [3.8, 4) is 0 Å². The molecule has 3 nitrogen and oxygen atoms in total. The van der Waals surface area contributed by atoms with Crippen LogP contribution in [-0.4, -0.2) is 17.0 Å². The highest BCUT2D eigenvalue weighted by atomic mass is 32.1. The molecule has 1 heterocycles. The molecule has 2 rings (SSSR count). The van der Waals surface area contributed by atoms with E-state index in [9.17, 15) is 0 Å². The first-order valence-corrected chi connectivity index (χ1v) is 7.34. The van der Waals surface area contributed by atoms with Crippen LogP contribution in [0.4, 0.5) is 5.82 Å². The molecule has 0 aliphatic rings. The molecule has 0 spiro atoms. The number of nitrogens with zero attached hydrogens (tertiary/aromatic N) is 2. The van der Waals surface area contributed by atoms with Crippen molar-refractivity contribution in [2.75, 3.05) is 11.9 Å². The summed E-state index contributed by atoms with van der Waals surface area (Å²) in [6, 6.07) is 10.5. The molecule has 0 unspecified atom stereocenters. The van der Waals surface area contributed by atoms with E-state index in [1.807, 2.05) is 27.0 Å². The number of pyridine rings is 1. The smallest absolute Gasteiger partial charge is 0.139 e. The van der Waals surface area contributed by atoms with Crippen molar-refractivity contribution in [3.05, 3.63) is 58.3 Å². The molecule has 0 saturated carbocycles. The average molecular weight is 299 g/mol. The zero-order valence-electron chi connectivity index (χ0n) is 13.0. The van der Waals surface area contributed by atoms with Crippen LogP contribution in [0.1, 0.15) is 27.9 Å². The van der Waals surface area contributed by atoms with Crippen molar-refractivity contribution in [3.63, 3.8) is 0 Å². The largest absolute Gasteiger partial charge is 0.389 e. The van der Waals surface area contributed by atoms with Crippen LogP contribution in [0.15, 0.2) is 30.3 Å². The maximum absolute atomic E-state index is 5.88. The summed E-state index contributed by atoms with van der Waals surface area (Å²) in [5.74, 6) is 0.848. The van der Waals surface area contributed by atoms with E-state index in [4.69, 9.17) is 18.0 Å². The molecule has 1 aromatic carbocycles. The fourth-order valence-corrected chi connectivity index (χ4v) is 2.69. The Kier molecular flexibility index (Phi) is 4.58. The van der Waals surface area contributed by atoms with Crippen molar-refractivity contribution in [1.82, 2.24) is 4.98 Å². The van der Waals surface area contributed by atoms with E-state index in [1.165, 1.54) is 11.1 Å². The van der Waals surface area contributed by atoms with E-state index >= 15 is 0 Å². The number of benzene rings is 1. The maximum Gasteiger partial charge on any atom is 0.139 e. The van der Waals surface area contributed by atoms with Crippen LogP contribution < -0.4 is 10.6 Å². The normalized spacial score (nSPS) is 10.5. The lowest BCUT2D eigenvalue weighted by atomic mass is 10.1. The average Bonchev–Trinajstić information content (AvgIpc) is 2.39. The van der Waals surface area contributed by atoms with Crippen LogP contribution >= 0.6 is 12.2 Å². The third kappa shape index (κ3) is 3.58. The number of anilines is 1. The number of nitrogens with two attached hydrogens (primary N) is 1. The van der Waals surface area contributed by atoms with Gasteiger partial charge >= 0.3 is 0 Å². The number of rotatable bonds is 4. The van der Waals surface area contributed by atoms with Gasteiger partial charge in [0.05, 0.1) is 5.56 Å². The second kappa shape index (κ2) is 6.22. The van der Waals surface area contributed by atoms with Gasteiger partial charge in [-0.05, 0) is 38.0 Å². The number of aromatic nitrogens is 1. The minimum atomic E-state index is 0.394. The number of thiocarbonyl (C=S) groups is 1. The molecule has 0 fully saturated rings. The summed E-state index contributed by atoms with van der Waals surface area (Å²) in [7, 11) is 2.02. The van der Waals surface area contributed by atoms with Crippen molar-refractivity contribution < 1.29 is 0 Å². The maximum atomic E-state index is 5.88. The minimum absolute atomic E-state index is 0.394. The fraction of sp³-hybridized carbons (Fsp3) is 0.294. The van der Waals surface area contributed by atoms with Gasteiger partial charge in [0.25, 0.3) is 0 Å². The van der Waals surface area contributed by atoms with Crippen molar-refractivity contribution in [1.29, 1.82) is 0 Å². The molecule has 0 bridgehead atoms. The fourth-order valence-electron chi connectivity index (χ4n) is 2.44. The second-order valence-electron chi connectivity index (χ2n) is 5.49. The van der Waals surface area contributed by atoms with E-state index in [2.05, 4.69) is 41.1 Å². The van der Waals surface area contributed by atoms with Crippen LogP contribution in [0.25, 0.3) is 0 Å². The monoisotopic (exact) mass is 299 g/mol. The first-order chi connectivity index (χ1) is 9.88. The molecule has 0 amide bonds. The van der Waals surface area contributed by atoms with Crippen LogP contribution in [0.2, 0.25) is 0 Å². The van der Waals surface area contributed by atoms with Gasteiger partial charge in [-0.15, -0.1) is 0 Å². The van der Waals surface area contributed by atoms with Crippen LogP contribution in [0, 0.1) is 20.8 Å². The summed E-state index contributed by atoms with van der Waals surface area (Å²) >= 11 is 5.19. The van der Waals surface area contributed by atoms with Gasteiger partial charge in [0.1, 0.15) is 10.8 Å². The van der Waals surface area contributed by atoms with Gasteiger partial charge in [-0.25, -0.2) is 4.98 Å². The van der Waals surface area contributed by atoms with Crippen LogP contribution in [0.5, 0.6) is 0 Å². The SMILES string of the molecule is Cc1ccc(CN(C)c2nc(C)cc(C)c2C(N)=S)cc1. The molecule has 4 heteroatoms. The van der Waals surface area contributed by atoms with E-state index in [1.54, 1.807) is 0 Å². The second-order valence-corrected chi connectivity index (χ2v) is 5.92. The van der Waals surface area contributed by atoms with E-state index in [0.29, 0.717) is 4.99 Å². The van der Waals surface area contributed by atoms with E-state index < -0.39 is 0 Å². The van der Waals surface area contributed by atoms with Gasteiger partial charge in [0.15, 0.2) is 0 Å². The molecule has 21 heavy (non-hydrogen) atoms. The molecule has 0 aliphatic heterocycles. The molecule has 0 radical (unpaired) electrons. The molecule has 0 saturated heterocycles. The Bertz CT molecular complexity index is 662. The van der Waals surface area contributed by atoms with Crippen LogP contribution in [-0.2, 0) is 6.54 Å². The molecule has 110 valence electrons. The standard InChI is InChI=1S/C17H21N3S/c1-11-5-7-14(8-6-11)10-20(4)17-15(16(18)21)12(2)9-13(3)19-17/h5-9H,10H2,1-4H3,(H2,18,21). The van der Waals surface area contributed by atoms with E-state index in [0.717, 1.165) is 29.2 Å². The van der Waals surface area contributed by atoms with Gasteiger partial charge in [0, 0.05) is 19.3 Å². The van der Waals surface area contributed by atoms with E-state index in [-0.39, 0.29) is 0 Å². The third-order valence-corrected chi connectivity index (χ3v) is 3.68. The highest BCUT2D eigenvalue weighted by Crippen LogP contribution is 2.23. The predicted molar refractivity (Wildman–Crippen MR) is 92.9 cm³/mol. The zero-order valence-corrected chi connectivity index (χ0v) is 13.8. The van der Waals surface area contributed by atoms with Crippen molar-refractivity contribution in [2.45, 2.75) is 27.3 Å². The number of hydrogen-bond donors (Lipinski definition) is 1. The molecule has 0 aliphatic carbocycles. The Labute approximate surface area is 131 Å². The summed E-state index contributed by atoms with van der Waals surface area (Å²) in [4.78, 5) is 7.12. The zero-order chi connectivity index (χ0) is 15.6. The minimum Gasteiger partial charge on any atom is -0.389 e. The first-order valence-electron chi connectivity index (χ1n) is 6.93. The van der Waals surface area contributed by atoms with Gasteiger partial charge in [-0.2, -0.15) is 0 Å². The highest BCUT2D eigenvalue weighted by Gasteiger charge is 2.15. The Hall–Kier alpha value is -1.94.